The number of nitrogens with zero attached hydrogens (tertiary/aromatic N) is 1. The normalized spacial score (nSPS) is 10.5. The van der Waals surface area contributed by atoms with E-state index in [-0.39, 0.29) is 12.0 Å². The van der Waals surface area contributed by atoms with Crippen molar-refractivity contribution in [2.45, 2.75) is 40.2 Å². The number of carbonyl (C=O) groups is 1. The van der Waals surface area contributed by atoms with Crippen molar-refractivity contribution in [1.29, 1.82) is 0 Å². The molecule has 0 spiro atoms. The van der Waals surface area contributed by atoms with Gasteiger partial charge in [0.15, 0.2) is 0 Å². The highest BCUT2D eigenvalue weighted by atomic mass is 35.5. The molecule has 0 N–H and O–H groups in total. The summed E-state index contributed by atoms with van der Waals surface area (Å²) in [5.74, 6) is 0. The van der Waals surface area contributed by atoms with Gasteiger partial charge in [-0.25, -0.2) is 0 Å². The Balaban J connectivity index is 3.33. The number of pyridine rings is 1. The zero-order valence-electron chi connectivity index (χ0n) is 9.84. The van der Waals surface area contributed by atoms with Crippen molar-refractivity contribution in [3.05, 3.63) is 33.2 Å². The van der Waals surface area contributed by atoms with Gasteiger partial charge in [0.25, 0.3) is 5.56 Å². The fourth-order valence-corrected chi connectivity index (χ4v) is 1.96. The van der Waals surface area contributed by atoms with Crippen LogP contribution in [0.5, 0.6) is 0 Å². The van der Waals surface area contributed by atoms with Crippen molar-refractivity contribution in [3.63, 3.8) is 0 Å². The summed E-state index contributed by atoms with van der Waals surface area (Å²) in [6.07, 6.45) is 0.897. The first-order valence-electron chi connectivity index (χ1n) is 5.35. The minimum Gasteiger partial charge on any atom is -0.313 e. The highest BCUT2D eigenvalue weighted by molar-refractivity contribution is 6.63. The van der Waals surface area contributed by atoms with Crippen LogP contribution in [0.25, 0.3) is 0 Å². The molecule has 0 fully saturated rings. The van der Waals surface area contributed by atoms with Gasteiger partial charge in [-0.15, -0.1) is 0 Å². The van der Waals surface area contributed by atoms with Crippen LogP contribution in [0.4, 0.5) is 0 Å². The Morgan fingerprint density at radius 1 is 1.44 bits per heavy atom. The smallest absolute Gasteiger partial charge is 0.254 e. The molecular weight excluding hydrogens is 226 g/mol. The van der Waals surface area contributed by atoms with E-state index in [4.69, 9.17) is 11.6 Å². The third-order valence-electron chi connectivity index (χ3n) is 2.59. The summed E-state index contributed by atoms with van der Waals surface area (Å²) in [4.78, 5) is 23.0. The van der Waals surface area contributed by atoms with Gasteiger partial charge < -0.3 is 4.57 Å². The predicted molar refractivity (Wildman–Crippen MR) is 65.0 cm³/mol. The van der Waals surface area contributed by atoms with Crippen LogP contribution in [0.2, 0.25) is 0 Å². The lowest BCUT2D eigenvalue weighted by atomic mass is 10.1. The van der Waals surface area contributed by atoms with E-state index in [0.717, 1.165) is 17.7 Å². The monoisotopic (exact) mass is 241 g/mol. The number of hydrogen-bond donors (Lipinski definition) is 0. The van der Waals surface area contributed by atoms with Crippen molar-refractivity contribution in [1.82, 2.24) is 4.57 Å². The Hall–Kier alpha value is -1.09. The Bertz CT molecular complexity index is 463. The molecule has 88 valence electrons. The molecule has 0 saturated carbocycles. The van der Waals surface area contributed by atoms with E-state index in [2.05, 4.69) is 0 Å². The summed E-state index contributed by atoms with van der Waals surface area (Å²) >= 11 is 5.34. The van der Waals surface area contributed by atoms with Crippen molar-refractivity contribution in [2.75, 3.05) is 0 Å². The minimum absolute atomic E-state index is 0.0101. The van der Waals surface area contributed by atoms with Gasteiger partial charge in [0.05, 0.1) is 6.42 Å². The standard InChI is InChI=1S/C12H16ClNO2/c1-4-5-14-9(3)6-8(2)10(12(14)16)7-11(13)15/h6H,4-5,7H2,1-3H3. The molecule has 0 aliphatic carbocycles. The molecule has 0 aromatic carbocycles. The van der Waals surface area contributed by atoms with E-state index in [1.54, 1.807) is 4.57 Å². The number of aryl methyl sites for hydroxylation is 2. The zero-order chi connectivity index (χ0) is 12.3. The van der Waals surface area contributed by atoms with Crippen molar-refractivity contribution >= 4 is 16.8 Å². The van der Waals surface area contributed by atoms with Crippen LogP contribution in [-0.2, 0) is 17.8 Å². The van der Waals surface area contributed by atoms with Gasteiger partial charge in [0.2, 0.25) is 5.24 Å². The van der Waals surface area contributed by atoms with E-state index >= 15 is 0 Å². The van der Waals surface area contributed by atoms with Gasteiger partial charge in [0.1, 0.15) is 0 Å². The van der Waals surface area contributed by atoms with Gasteiger partial charge >= 0.3 is 0 Å². The van der Waals surface area contributed by atoms with E-state index in [1.807, 2.05) is 26.8 Å². The lowest BCUT2D eigenvalue weighted by Crippen LogP contribution is -2.27. The fourth-order valence-electron chi connectivity index (χ4n) is 1.83. The van der Waals surface area contributed by atoms with Gasteiger partial charge in [-0.1, -0.05) is 6.92 Å². The molecule has 16 heavy (non-hydrogen) atoms. The molecule has 0 aliphatic heterocycles. The maximum atomic E-state index is 12.1. The highest BCUT2D eigenvalue weighted by Gasteiger charge is 2.12. The van der Waals surface area contributed by atoms with Crippen LogP contribution < -0.4 is 5.56 Å². The van der Waals surface area contributed by atoms with Crippen molar-refractivity contribution < 1.29 is 4.79 Å². The Kier molecular flexibility index (Phi) is 4.30. The lowest BCUT2D eigenvalue weighted by Gasteiger charge is -2.12. The van der Waals surface area contributed by atoms with Crippen LogP contribution in [0, 0.1) is 13.8 Å². The number of rotatable bonds is 4. The first-order valence-corrected chi connectivity index (χ1v) is 5.73. The first-order chi connectivity index (χ1) is 7.47. The molecule has 3 nitrogen and oxygen atoms in total. The first kappa shape index (κ1) is 13.0. The molecule has 1 rings (SSSR count). The maximum absolute atomic E-state index is 12.1. The second-order valence-electron chi connectivity index (χ2n) is 3.94. The van der Waals surface area contributed by atoms with Crippen LogP contribution >= 0.6 is 11.6 Å². The summed E-state index contributed by atoms with van der Waals surface area (Å²) in [6, 6.07) is 1.92. The Morgan fingerprint density at radius 2 is 2.06 bits per heavy atom. The summed E-state index contributed by atoms with van der Waals surface area (Å²) in [7, 11) is 0. The molecule has 1 heterocycles. The van der Waals surface area contributed by atoms with E-state index < -0.39 is 5.24 Å². The van der Waals surface area contributed by atoms with Gasteiger partial charge in [-0.2, -0.15) is 0 Å². The molecule has 0 atom stereocenters. The quantitative estimate of drug-likeness (QED) is 0.758. The lowest BCUT2D eigenvalue weighted by molar-refractivity contribution is -0.111. The molecule has 0 saturated heterocycles. The maximum Gasteiger partial charge on any atom is 0.254 e. The summed E-state index contributed by atoms with van der Waals surface area (Å²) in [6.45, 7) is 6.42. The van der Waals surface area contributed by atoms with Crippen LogP contribution in [0.1, 0.15) is 30.2 Å². The third kappa shape index (κ3) is 2.73. The van der Waals surface area contributed by atoms with Crippen LogP contribution in [0.3, 0.4) is 0 Å². The van der Waals surface area contributed by atoms with Gasteiger partial charge in [-0.3, -0.25) is 9.59 Å². The second kappa shape index (κ2) is 5.30. The zero-order valence-corrected chi connectivity index (χ0v) is 10.6. The summed E-state index contributed by atoms with van der Waals surface area (Å²) in [5, 5.41) is -0.493. The van der Waals surface area contributed by atoms with Crippen molar-refractivity contribution in [3.8, 4) is 0 Å². The average Bonchev–Trinajstić information content (AvgIpc) is 2.19. The van der Waals surface area contributed by atoms with Crippen LogP contribution in [-0.4, -0.2) is 9.81 Å². The SMILES string of the molecule is CCCn1c(C)cc(C)c(CC(=O)Cl)c1=O. The molecule has 0 unspecified atom stereocenters. The number of carbonyl (C=O) groups excluding carboxylic acids is 1. The molecule has 0 amide bonds. The molecule has 4 heteroatoms. The molecular formula is C12H16ClNO2. The molecule has 1 aromatic rings. The van der Waals surface area contributed by atoms with E-state index in [0.29, 0.717) is 12.1 Å². The molecule has 0 bridgehead atoms. The summed E-state index contributed by atoms with van der Waals surface area (Å²) in [5.41, 5.74) is 2.19. The van der Waals surface area contributed by atoms with Crippen LogP contribution in [0.15, 0.2) is 10.9 Å². The van der Waals surface area contributed by atoms with E-state index in [1.165, 1.54) is 0 Å². The molecule has 0 radical (unpaired) electrons. The third-order valence-corrected chi connectivity index (χ3v) is 2.73. The van der Waals surface area contributed by atoms with Gasteiger partial charge in [-0.05, 0) is 43.5 Å². The minimum atomic E-state index is -0.493. The Morgan fingerprint density at radius 3 is 2.56 bits per heavy atom. The summed E-state index contributed by atoms with van der Waals surface area (Å²) < 4.78 is 1.70. The topological polar surface area (TPSA) is 39.1 Å². The Labute approximate surface area is 100 Å². The van der Waals surface area contributed by atoms with Crippen molar-refractivity contribution in [2.24, 2.45) is 0 Å². The predicted octanol–water partition coefficient (Wildman–Crippen LogP) is 2.18. The van der Waals surface area contributed by atoms with Gasteiger partial charge in [0, 0.05) is 17.8 Å². The number of aromatic nitrogens is 1. The average molecular weight is 242 g/mol. The fraction of sp³-hybridized carbons (Fsp3) is 0.500. The largest absolute Gasteiger partial charge is 0.313 e. The number of halogens is 1. The second-order valence-corrected chi connectivity index (χ2v) is 4.36. The number of hydrogen-bond acceptors (Lipinski definition) is 2. The van der Waals surface area contributed by atoms with E-state index in [9.17, 15) is 9.59 Å². The highest BCUT2D eigenvalue weighted by Crippen LogP contribution is 2.08. The molecule has 1 aromatic heterocycles. The molecule has 0 aliphatic rings.